The Hall–Kier alpha value is -2.08. The second-order valence-corrected chi connectivity index (χ2v) is 5.49. The summed E-state index contributed by atoms with van der Waals surface area (Å²) in [5.74, 6) is -0.0366. The number of likely N-dealkylation sites (tertiary alicyclic amines) is 1. The Morgan fingerprint density at radius 2 is 1.75 bits per heavy atom. The van der Waals surface area contributed by atoms with Crippen molar-refractivity contribution in [3.05, 3.63) is 41.0 Å². The van der Waals surface area contributed by atoms with Gasteiger partial charge in [-0.2, -0.15) is 5.26 Å². The largest absolute Gasteiger partial charge is 0.370 e. The molecule has 0 bridgehead atoms. The van der Waals surface area contributed by atoms with Crippen LogP contribution in [0.25, 0.3) is 5.70 Å². The molecule has 1 aliphatic heterocycles. The smallest absolute Gasteiger partial charge is 0.179 e. The monoisotopic (exact) mass is 266 g/mol. The number of carbonyl (C=O) groups excluding carboxylic acids is 1. The number of Topliss-reactive ketones (excluding diaryl/α,β-unsaturated/α-hetero) is 1. The van der Waals surface area contributed by atoms with E-state index >= 15 is 0 Å². The molecule has 3 nitrogen and oxygen atoms in total. The van der Waals surface area contributed by atoms with E-state index in [1.54, 1.807) is 0 Å². The molecule has 0 amide bonds. The van der Waals surface area contributed by atoms with E-state index in [9.17, 15) is 10.1 Å². The minimum Gasteiger partial charge on any atom is -0.370 e. The predicted molar refractivity (Wildman–Crippen MR) is 77.7 cm³/mol. The van der Waals surface area contributed by atoms with Crippen molar-refractivity contribution in [3.63, 3.8) is 0 Å². The van der Waals surface area contributed by atoms with Crippen LogP contribution in [0.3, 0.4) is 0 Å². The van der Waals surface area contributed by atoms with Crippen LogP contribution in [0.5, 0.6) is 0 Å². The van der Waals surface area contributed by atoms with Gasteiger partial charge in [0.15, 0.2) is 5.78 Å². The Labute approximate surface area is 119 Å². The summed E-state index contributed by atoms with van der Waals surface area (Å²) in [6.45, 7) is 1.89. The summed E-state index contributed by atoms with van der Waals surface area (Å²) >= 11 is 0. The SMILES string of the molecule is N#CC1=C(N2CCCCCC2)c2ccccc2CC1=O. The van der Waals surface area contributed by atoms with Crippen LogP contribution < -0.4 is 0 Å². The quantitative estimate of drug-likeness (QED) is 0.785. The number of nitriles is 1. The average molecular weight is 266 g/mol. The third-order valence-electron chi connectivity index (χ3n) is 4.17. The summed E-state index contributed by atoms with van der Waals surface area (Å²) in [7, 11) is 0. The molecule has 1 fully saturated rings. The minimum atomic E-state index is -0.0366. The molecule has 1 saturated heterocycles. The molecule has 0 radical (unpaired) electrons. The van der Waals surface area contributed by atoms with E-state index in [4.69, 9.17) is 0 Å². The Balaban J connectivity index is 2.11. The summed E-state index contributed by atoms with van der Waals surface area (Å²) in [4.78, 5) is 14.5. The summed E-state index contributed by atoms with van der Waals surface area (Å²) in [5, 5.41) is 9.40. The third kappa shape index (κ3) is 2.22. The van der Waals surface area contributed by atoms with E-state index in [1.807, 2.05) is 24.3 Å². The second-order valence-electron chi connectivity index (χ2n) is 5.49. The fourth-order valence-corrected chi connectivity index (χ4v) is 3.17. The van der Waals surface area contributed by atoms with Crippen molar-refractivity contribution in [2.45, 2.75) is 32.1 Å². The summed E-state index contributed by atoms with van der Waals surface area (Å²) in [6, 6.07) is 10.1. The number of hydrogen-bond acceptors (Lipinski definition) is 3. The molecule has 1 aromatic rings. The van der Waals surface area contributed by atoms with Crippen molar-refractivity contribution in [2.24, 2.45) is 0 Å². The lowest BCUT2D eigenvalue weighted by atomic mass is 9.88. The second kappa shape index (κ2) is 5.50. The normalized spacial score (nSPS) is 19.4. The van der Waals surface area contributed by atoms with Crippen molar-refractivity contribution < 1.29 is 4.79 Å². The van der Waals surface area contributed by atoms with Crippen LogP contribution in [0.1, 0.15) is 36.8 Å². The Bertz CT molecular complexity index is 602. The van der Waals surface area contributed by atoms with Gasteiger partial charge in [0.2, 0.25) is 0 Å². The van der Waals surface area contributed by atoms with Gasteiger partial charge in [-0.1, -0.05) is 37.1 Å². The van der Waals surface area contributed by atoms with E-state index in [0.717, 1.165) is 42.8 Å². The average Bonchev–Trinajstić information content (AvgIpc) is 2.74. The van der Waals surface area contributed by atoms with Crippen molar-refractivity contribution in [1.82, 2.24) is 4.90 Å². The van der Waals surface area contributed by atoms with E-state index in [2.05, 4.69) is 11.0 Å². The highest BCUT2D eigenvalue weighted by atomic mass is 16.1. The van der Waals surface area contributed by atoms with Gasteiger partial charge in [0.05, 0.1) is 5.70 Å². The highest BCUT2D eigenvalue weighted by Crippen LogP contribution is 2.33. The highest BCUT2D eigenvalue weighted by Gasteiger charge is 2.28. The Kier molecular flexibility index (Phi) is 3.56. The molecule has 20 heavy (non-hydrogen) atoms. The van der Waals surface area contributed by atoms with Gasteiger partial charge in [-0.25, -0.2) is 0 Å². The first kappa shape index (κ1) is 12.9. The Morgan fingerprint density at radius 3 is 2.45 bits per heavy atom. The topological polar surface area (TPSA) is 44.1 Å². The van der Waals surface area contributed by atoms with Crippen LogP contribution in [0.4, 0.5) is 0 Å². The van der Waals surface area contributed by atoms with Gasteiger partial charge in [0.1, 0.15) is 11.6 Å². The lowest BCUT2D eigenvalue weighted by molar-refractivity contribution is -0.114. The third-order valence-corrected chi connectivity index (χ3v) is 4.17. The first-order valence-electron chi connectivity index (χ1n) is 7.32. The molecule has 0 atom stereocenters. The number of carbonyl (C=O) groups is 1. The summed E-state index contributed by atoms with van der Waals surface area (Å²) in [6.07, 6.45) is 5.11. The van der Waals surface area contributed by atoms with Gasteiger partial charge in [-0.3, -0.25) is 4.79 Å². The number of ketones is 1. The van der Waals surface area contributed by atoms with Crippen LogP contribution in [-0.4, -0.2) is 23.8 Å². The molecule has 3 heteroatoms. The van der Waals surface area contributed by atoms with Crippen molar-refractivity contribution in [3.8, 4) is 6.07 Å². The van der Waals surface area contributed by atoms with Crippen molar-refractivity contribution >= 4 is 11.5 Å². The molecule has 0 unspecified atom stereocenters. The Morgan fingerprint density at radius 1 is 1.05 bits per heavy atom. The maximum Gasteiger partial charge on any atom is 0.179 e. The first-order chi connectivity index (χ1) is 9.81. The number of benzene rings is 1. The standard InChI is InChI=1S/C17H18N2O/c18-12-15-16(20)11-13-7-3-4-8-14(13)17(15)19-9-5-1-2-6-10-19/h3-4,7-8H,1-2,5-6,9-11H2. The van der Waals surface area contributed by atoms with Crippen LogP contribution in [0.2, 0.25) is 0 Å². The van der Waals surface area contributed by atoms with Crippen LogP contribution in [0.15, 0.2) is 29.8 Å². The molecule has 1 aromatic carbocycles. The zero-order chi connectivity index (χ0) is 13.9. The molecule has 0 N–H and O–H groups in total. The maximum atomic E-state index is 12.2. The van der Waals surface area contributed by atoms with E-state index < -0.39 is 0 Å². The van der Waals surface area contributed by atoms with Gasteiger partial charge >= 0.3 is 0 Å². The molecule has 1 aliphatic carbocycles. The molecule has 3 rings (SSSR count). The number of nitrogens with zero attached hydrogens (tertiary/aromatic N) is 2. The van der Waals surface area contributed by atoms with E-state index in [-0.39, 0.29) is 5.78 Å². The number of allylic oxidation sites excluding steroid dienone is 1. The maximum absolute atomic E-state index is 12.2. The zero-order valence-corrected chi connectivity index (χ0v) is 11.6. The molecule has 1 heterocycles. The molecule has 2 aliphatic rings. The van der Waals surface area contributed by atoms with Crippen molar-refractivity contribution in [2.75, 3.05) is 13.1 Å². The van der Waals surface area contributed by atoms with Gasteiger partial charge in [-0.15, -0.1) is 0 Å². The minimum absolute atomic E-state index is 0.0366. The van der Waals surface area contributed by atoms with Gasteiger partial charge in [0.25, 0.3) is 0 Å². The number of hydrogen-bond donors (Lipinski definition) is 0. The molecular weight excluding hydrogens is 248 g/mol. The van der Waals surface area contributed by atoms with E-state index in [0.29, 0.717) is 12.0 Å². The van der Waals surface area contributed by atoms with Crippen LogP contribution >= 0.6 is 0 Å². The van der Waals surface area contributed by atoms with E-state index in [1.165, 1.54) is 12.8 Å². The van der Waals surface area contributed by atoms with Crippen LogP contribution in [-0.2, 0) is 11.2 Å². The molecule has 0 saturated carbocycles. The highest BCUT2D eigenvalue weighted by molar-refractivity contribution is 6.09. The summed E-state index contributed by atoms with van der Waals surface area (Å²) in [5.41, 5.74) is 3.35. The molecule has 0 spiro atoms. The summed E-state index contributed by atoms with van der Waals surface area (Å²) < 4.78 is 0. The van der Waals surface area contributed by atoms with Gasteiger partial charge in [0, 0.05) is 25.1 Å². The van der Waals surface area contributed by atoms with Crippen LogP contribution in [0, 0.1) is 11.3 Å². The van der Waals surface area contributed by atoms with Gasteiger partial charge in [-0.05, 0) is 18.4 Å². The fourth-order valence-electron chi connectivity index (χ4n) is 3.17. The zero-order valence-electron chi connectivity index (χ0n) is 11.6. The number of rotatable bonds is 1. The lowest BCUT2D eigenvalue weighted by Crippen LogP contribution is -2.29. The lowest BCUT2D eigenvalue weighted by Gasteiger charge is -2.30. The number of fused-ring (bicyclic) bond motifs is 1. The van der Waals surface area contributed by atoms with Crippen molar-refractivity contribution in [1.29, 1.82) is 5.26 Å². The molecular formula is C17H18N2O. The fraction of sp³-hybridized carbons (Fsp3) is 0.412. The van der Waals surface area contributed by atoms with Gasteiger partial charge < -0.3 is 4.90 Å². The first-order valence-corrected chi connectivity index (χ1v) is 7.32. The molecule has 102 valence electrons. The predicted octanol–water partition coefficient (Wildman–Crippen LogP) is 2.92. The molecule has 0 aromatic heterocycles.